The molecule has 1 aromatic rings. The Kier molecular flexibility index (Phi) is 6.00. The number of nitrogens with one attached hydrogen (secondary N) is 2. The molecule has 0 spiro atoms. The normalized spacial score (nSPS) is 23.0. The molecule has 3 rings (SSSR count). The van der Waals surface area contributed by atoms with Gasteiger partial charge < -0.3 is 5.32 Å². The molecule has 2 N–H and O–H groups in total. The number of hydrogen-bond acceptors (Lipinski definition) is 3. The summed E-state index contributed by atoms with van der Waals surface area (Å²) in [7, 11) is 0. The molecule has 2 aliphatic rings. The average Bonchev–Trinajstić information content (AvgIpc) is 2.91. The molecule has 1 aliphatic heterocycles. The summed E-state index contributed by atoms with van der Waals surface area (Å²) < 4.78 is 1.11. The fourth-order valence-corrected chi connectivity index (χ4v) is 4.27. The van der Waals surface area contributed by atoms with Crippen LogP contribution >= 0.6 is 40.1 Å². The first-order valence-corrected chi connectivity index (χ1v) is 8.99. The van der Waals surface area contributed by atoms with Crippen LogP contribution in [0.1, 0.15) is 24.8 Å². The highest BCUT2D eigenvalue weighted by atomic mass is 79.9. The number of rotatable bonds is 4. The summed E-state index contributed by atoms with van der Waals surface area (Å²) in [4.78, 5) is 12.1. The lowest BCUT2D eigenvalue weighted by Crippen LogP contribution is -2.50. The minimum atomic E-state index is -0.0142. The number of hydrogen-bond donors (Lipinski definition) is 2. The van der Waals surface area contributed by atoms with Gasteiger partial charge in [-0.1, -0.05) is 34.5 Å². The molecule has 1 unspecified atom stereocenters. The minimum Gasteiger partial charge on any atom is -0.354 e. The van der Waals surface area contributed by atoms with Crippen molar-refractivity contribution >= 4 is 46.0 Å². The first-order chi connectivity index (χ1) is 9.70. The molecular formula is C15H20BrClN2OS. The maximum atomic E-state index is 12.1. The molecule has 1 aliphatic carbocycles. The Hall–Kier alpha value is -0.230. The van der Waals surface area contributed by atoms with Gasteiger partial charge in [0.2, 0.25) is 5.91 Å². The van der Waals surface area contributed by atoms with Crippen LogP contribution in [0.5, 0.6) is 0 Å². The summed E-state index contributed by atoms with van der Waals surface area (Å²) >= 11 is 5.33. The third kappa shape index (κ3) is 3.76. The van der Waals surface area contributed by atoms with Crippen LogP contribution in [0, 0.1) is 0 Å². The molecule has 6 heteroatoms. The molecule has 1 saturated carbocycles. The van der Waals surface area contributed by atoms with Crippen LogP contribution in [0.3, 0.4) is 0 Å². The predicted octanol–water partition coefficient (Wildman–Crippen LogP) is 3.07. The fourth-order valence-electron chi connectivity index (χ4n) is 2.93. The number of thioether (sulfide) groups is 1. The van der Waals surface area contributed by atoms with Crippen LogP contribution in [0.15, 0.2) is 28.7 Å². The zero-order chi connectivity index (χ0) is 14.0. The largest absolute Gasteiger partial charge is 0.354 e. The Labute approximate surface area is 144 Å². The van der Waals surface area contributed by atoms with Crippen molar-refractivity contribution in [3.8, 4) is 0 Å². The average molecular weight is 392 g/mol. The maximum absolute atomic E-state index is 12.1. The van der Waals surface area contributed by atoms with Crippen LogP contribution in [-0.4, -0.2) is 30.1 Å². The van der Waals surface area contributed by atoms with Gasteiger partial charge in [0.15, 0.2) is 0 Å². The molecule has 3 nitrogen and oxygen atoms in total. The quantitative estimate of drug-likeness (QED) is 0.829. The molecule has 0 bridgehead atoms. The lowest BCUT2D eigenvalue weighted by atomic mass is 9.64. The number of benzene rings is 1. The van der Waals surface area contributed by atoms with E-state index in [-0.39, 0.29) is 29.8 Å². The standard InChI is InChI=1S/C15H19BrN2OS.ClH/c16-12-4-1-3-11(7-12)15(5-2-6-15)9-17-14(19)13-8-20-10-18-13;/h1,3-4,7,13,18H,2,5-6,8-10H2,(H,17,19);1H. The Morgan fingerprint density at radius 3 is 2.86 bits per heavy atom. The Bertz CT molecular complexity index is 504. The monoisotopic (exact) mass is 390 g/mol. The van der Waals surface area contributed by atoms with Crippen molar-refractivity contribution in [1.29, 1.82) is 0 Å². The first kappa shape index (κ1) is 17.1. The molecule has 1 atom stereocenters. The highest BCUT2D eigenvalue weighted by Crippen LogP contribution is 2.43. The number of halogens is 2. The smallest absolute Gasteiger partial charge is 0.238 e. The van der Waals surface area contributed by atoms with Gasteiger partial charge in [0.1, 0.15) is 0 Å². The number of carbonyl (C=O) groups is 1. The lowest BCUT2D eigenvalue weighted by molar-refractivity contribution is -0.122. The van der Waals surface area contributed by atoms with E-state index in [2.05, 4.69) is 44.8 Å². The topological polar surface area (TPSA) is 41.1 Å². The molecule has 2 fully saturated rings. The molecule has 1 amide bonds. The molecule has 116 valence electrons. The third-order valence-electron chi connectivity index (χ3n) is 4.38. The van der Waals surface area contributed by atoms with Gasteiger partial charge in [-0.15, -0.1) is 24.2 Å². The second-order valence-corrected chi connectivity index (χ2v) is 7.58. The number of amides is 1. The fraction of sp³-hybridized carbons (Fsp3) is 0.533. The van der Waals surface area contributed by atoms with Gasteiger partial charge in [-0.25, -0.2) is 0 Å². The van der Waals surface area contributed by atoms with E-state index in [0.29, 0.717) is 0 Å². The van der Waals surface area contributed by atoms with E-state index in [1.165, 1.54) is 12.0 Å². The summed E-state index contributed by atoms with van der Waals surface area (Å²) in [5.74, 6) is 1.92. The molecule has 0 radical (unpaired) electrons. The summed E-state index contributed by atoms with van der Waals surface area (Å²) in [5, 5.41) is 6.38. The highest BCUT2D eigenvalue weighted by molar-refractivity contribution is 9.10. The van der Waals surface area contributed by atoms with Crippen molar-refractivity contribution in [3.05, 3.63) is 34.3 Å². The van der Waals surface area contributed by atoms with Gasteiger partial charge in [0, 0.05) is 28.1 Å². The van der Waals surface area contributed by atoms with Gasteiger partial charge >= 0.3 is 0 Å². The zero-order valence-corrected chi connectivity index (χ0v) is 15.0. The minimum absolute atomic E-state index is 0. The highest BCUT2D eigenvalue weighted by Gasteiger charge is 2.39. The SMILES string of the molecule is Cl.O=C(NCC1(c2cccc(Br)c2)CCC1)C1CSCN1. The lowest BCUT2D eigenvalue weighted by Gasteiger charge is -2.43. The van der Waals surface area contributed by atoms with Gasteiger partial charge in [-0.3, -0.25) is 10.1 Å². The number of carbonyl (C=O) groups excluding carboxylic acids is 1. The van der Waals surface area contributed by atoms with Crippen molar-refractivity contribution in [1.82, 2.24) is 10.6 Å². The van der Waals surface area contributed by atoms with Crippen molar-refractivity contribution in [3.63, 3.8) is 0 Å². The summed E-state index contributed by atoms with van der Waals surface area (Å²) in [6.45, 7) is 0.755. The van der Waals surface area contributed by atoms with E-state index in [4.69, 9.17) is 0 Å². The van der Waals surface area contributed by atoms with Gasteiger partial charge in [-0.2, -0.15) is 0 Å². The van der Waals surface area contributed by atoms with Gasteiger partial charge in [0.05, 0.1) is 6.04 Å². The maximum Gasteiger partial charge on any atom is 0.238 e. The van der Waals surface area contributed by atoms with Gasteiger partial charge in [-0.05, 0) is 30.5 Å². The molecular weight excluding hydrogens is 372 g/mol. The van der Waals surface area contributed by atoms with Crippen LogP contribution < -0.4 is 10.6 Å². The molecule has 0 aromatic heterocycles. The van der Waals surface area contributed by atoms with Crippen LogP contribution in [-0.2, 0) is 10.2 Å². The van der Waals surface area contributed by atoms with E-state index in [1.54, 1.807) is 11.8 Å². The summed E-state index contributed by atoms with van der Waals surface area (Å²) in [5.41, 5.74) is 1.48. The summed E-state index contributed by atoms with van der Waals surface area (Å²) in [6, 6.07) is 8.49. The van der Waals surface area contributed by atoms with E-state index in [1.807, 2.05) is 6.07 Å². The van der Waals surface area contributed by atoms with Gasteiger partial charge in [0.25, 0.3) is 0 Å². The molecule has 1 aromatic carbocycles. The predicted molar refractivity (Wildman–Crippen MR) is 94.2 cm³/mol. The van der Waals surface area contributed by atoms with E-state index in [0.717, 1.165) is 35.5 Å². The summed E-state index contributed by atoms with van der Waals surface area (Å²) in [6.07, 6.45) is 3.58. The van der Waals surface area contributed by atoms with Crippen molar-refractivity contribution in [2.75, 3.05) is 18.2 Å². The first-order valence-electron chi connectivity index (χ1n) is 7.05. The van der Waals surface area contributed by atoms with Crippen molar-refractivity contribution in [2.45, 2.75) is 30.7 Å². The second kappa shape index (κ2) is 7.36. The Balaban J connectivity index is 0.00000161. The second-order valence-electron chi connectivity index (χ2n) is 5.63. The van der Waals surface area contributed by atoms with E-state index < -0.39 is 0 Å². The zero-order valence-electron chi connectivity index (χ0n) is 11.7. The third-order valence-corrected chi connectivity index (χ3v) is 5.81. The van der Waals surface area contributed by atoms with Crippen molar-refractivity contribution in [2.24, 2.45) is 0 Å². The molecule has 1 saturated heterocycles. The van der Waals surface area contributed by atoms with E-state index >= 15 is 0 Å². The van der Waals surface area contributed by atoms with Crippen LogP contribution in [0.2, 0.25) is 0 Å². The Morgan fingerprint density at radius 1 is 1.48 bits per heavy atom. The van der Waals surface area contributed by atoms with Crippen molar-refractivity contribution < 1.29 is 4.79 Å². The van der Waals surface area contributed by atoms with Crippen LogP contribution in [0.25, 0.3) is 0 Å². The van der Waals surface area contributed by atoms with E-state index in [9.17, 15) is 4.79 Å². The molecule has 21 heavy (non-hydrogen) atoms. The Morgan fingerprint density at radius 2 is 2.29 bits per heavy atom. The van der Waals surface area contributed by atoms with Crippen LogP contribution in [0.4, 0.5) is 0 Å². The molecule has 1 heterocycles.